The average molecular weight is 288 g/mol. The first kappa shape index (κ1) is 15.1. The molecular weight excluding hydrogens is 269 g/mol. The Hall–Kier alpha value is -1.26. The van der Waals surface area contributed by atoms with Crippen molar-refractivity contribution in [2.75, 3.05) is 6.61 Å². The van der Waals surface area contributed by atoms with Gasteiger partial charge in [-0.1, -0.05) is 13.0 Å². The molecule has 0 radical (unpaired) electrons. The second-order valence-electron chi connectivity index (χ2n) is 5.67. The van der Waals surface area contributed by atoms with Crippen molar-refractivity contribution in [1.29, 1.82) is 0 Å². The number of rotatable bonds is 3. The molecule has 1 unspecified atom stereocenters. The second kappa shape index (κ2) is 6.02. The number of ether oxygens (including phenoxy) is 1. The third-order valence-corrected chi connectivity index (χ3v) is 4.08. The van der Waals surface area contributed by atoms with E-state index in [4.69, 9.17) is 4.74 Å². The fourth-order valence-corrected chi connectivity index (χ4v) is 2.61. The lowest BCUT2D eigenvalue weighted by molar-refractivity contribution is -0.184. The third kappa shape index (κ3) is 3.87. The maximum atomic E-state index is 12.5. The fraction of sp³-hybridized carbons (Fsp3) is 0.667. The highest BCUT2D eigenvalue weighted by atomic mass is 19.4. The van der Waals surface area contributed by atoms with E-state index in [1.165, 1.54) is 6.08 Å². The van der Waals surface area contributed by atoms with Crippen LogP contribution in [0.15, 0.2) is 24.0 Å². The summed E-state index contributed by atoms with van der Waals surface area (Å²) in [6, 6.07) is 0. The lowest BCUT2D eigenvalue weighted by atomic mass is 9.82. The summed E-state index contributed by atoms with van der Waals surface area (Å²) >= 11 is 0. The van der Waals surface area contributed by atoms with Gasteiger partial charge in [0.15, 0.2) is 5.78 Å². The lowest BCUT2D eigenvalue weighted by Crippen LogP contribution is -2.29. The molecule has 2 rings (SSSR count). The predicted molar refractivity (Wildman–Crippen MR) is 68.8 cm³/mol. The molecule has 1 fully saturated rings. The van der Waals surface area contributed by atoms with E-state index in [1.807, 2.05) is 6.92 Å². The van der Waals surface area contributed by atoms with Crippen molar-refractivity contribution < 1.29 is 22.7 Å². The SMILES string of the molecule is CC1C=CC(OC[C@H]2CC[C@H](C(F)(F)F)CC2)=CC1=O. The first-order valence-corrected chi connectivity index (χ1v) is 6.99. The first-order valence-electron chi connectivity index (χ1n) is 6.99. The standard InChI is InChI=1S/C15H19F3O2/c1-10-2-7-13(8-14(10)19)20-9-11-3-5-12(6-4-11)15(16,17)18/h2,7-8,10-12H,3-6,9H2,1H3/t10?,11-,12-. The van der Waals surface area contributed by atoms with Crippen LogP contribution in [0.2, 0.25) is 0 Å². The topological polar surface area (TPSA) is 26.3 Å². The van der Waals surface area contributed by atoms with Crippen LogP contribution in [0.25, 0.3) is 0 Å². The summed E-state index contributed by atoms with van der Waals surface area (Å²) in [6.45, 7) is 2.20. The Morgan fingerprint density at radius 2 is 1.90 bits per heavy atom. The lowest BCUT2D eigenvalue weighted by Gasteiger charge is -2.29. The van der Waals surface area contributed by atoms with Gasteiger partial charge in [-0.25, -0.2) is 0 Å². The van der Waals surface area contributed by atoms with Crippen LogP contribution < -0.4 is 0 Å². The molecule has 0 aromatic heterocycles. The van der Waals surface area contributed by atoms with Crippen molar-refractivity contribution in [3.05, 3.63) is 24.0 Å². The number of halogens is 3. The van der Waals surface area contributed by atoms with Gasteiger partial charge in [-0.2, -0.15) is 13.2 Å². The Kier molecular flexibility index (Phi) is 4.55. The minimum atomic E-state index is -4.07. The minimum absolute atomic E-state index is 0.00304. The molecule has 0 saturated heterocycles. The van der Waals surface area contributed by atoms with Crippen LogP contribution in [0.3, 0.4) is 0 Å². The summed E-state index contributed by atoms with van der Waals surface area (Å²) < 4.78 is 43.1. The number of hydrogen-bond donors (Lipinski definition) is 0. The second-order valence-corrected chi connectivity index (χ2v) is 5.67. The van der Waals surface area contributed by atoms with Gasteiger partial charge in [-0.05, 0) is 37.7 Å². The summed E-state index contributed by atoms with van der Waals surface area (Å²) in [5.41, 5.74) is 0. The summed E-state index contributed by atoms with van der Waals surface area (Å²) in [5.74, 6) is -0.605. The van der Waals surface area contributed by atoms with Gasteiger partial charge < -0.3 is 4.74 Å². The molecule has 0 spiro atoms. The van der Waals surface area contributed by atoms with Crippen molar-refractivity contribution in [1.82, 2.24) is 0 Å². The number of hydrogen-bond acceptors (Lipinski definition) is 2. The van der Waals surface area contributed by atoms with Gasteiger partial charge in [0, 0.05) is 12.0 Å². The van der Waals surface area contributed by atoms with E-state index < -0.39 is 12.1 Å². The van der Waals surface area contributed by atoms with Gasteiger partial charge in [0.1, 0.15) is 5.76 Å². The average Bonchev–Trinajstić information content (AvgIpc) is 2.40. The highest BCUT2D eigenvalue weighted by Crippen LogP contribution is 2.39. The smallest absolute Gasteiger partial charge is 0.391 e. The van der Waals surface area contributed by atoms with Gasteiger partial charge in [0.25, 0.3) is 0 Å². The van der Waals surface area contributed by atoms with Crippen LogP contribution in [0.4, 0.5) is 13.2 Å². The maximum Gasteiger partial charge on any atom is 0.391 e. The Morgan fingerprint density at radius 1 is 1.25 bits per heavy atom. The Balaban J connectivity index is 1.76. The quantitative estimate of drug-likeness (QED) is 0.783. The molecule has 0 amide bonds. The van der Waals surface area contributed by atoms with Gasteiger partial charge in [-0.15, -0.1) is 0 Å². The minimum Gasteiger partial charge on any atom is -0.493 e. The normalized spacial score (nSPS) is 31.1. The van der Waals surface area contributed by atoms with Gasteiger partial charge in [0.2, 0.25) is 0 Å². The van der Waals surface area contributed by atoms with Crippen LogP contribution in [0.5, 0.6) is 0 Å². The molecule has 0 aromatic carbocycles. The number of carbonyl (C=O) groups is 1. The molecule has 1 saturated carbocycles. The molecule has 0 bridgehead atoms. The van der Waals surface area contributed by atoms with Gasteiger partial charge in [0.05, 0.1) is 12.5 Å². The van der Waals surface area contributed by atoms with E-state index in [2.05, 4.69) is 0 Å². The first-order chi connectivity index (χ1) is 9.36. The molecule has 0 aromatic rings. The molecule has 5 heteroatoms. The molecule has 2 aliphatic carbocycles. The van der Waals surface area contributed by atoms with Crippen molar-refractivity contribution in [2.45, 2.75) is 38.8 Å². The van der Waals surface area contributed by atoms with E-state index in [-0.39, 0.29) is 30.5 Å². The molecular formula is C15H19F3O2. The molecule has 0 aliphatic heterocycles. The third-order valence-electron chi connectivity index (χ3n) is 4.08. The van der Waals surface area contributed by atoms with E-state index in [9.17, 15) is 18.0 Å². The molecule has 0 heterocycles. The van der Waals surface area contributed by atoms with Crippen LogP contribution >= 0.6 is 0 Å². The summed E-state index contributed by atoms with van der Waals surface area (Å²) in [6.07, 6.45) is 2.36. The van der Waals surface area contributed by atoms with Crippen LogP contribution in [-0.2, 0) is 9.53 Å². The maximum absolute atomic E-state index is 12.5. The zero-order chi connectivity index (χ0) is 14.8. The zero-order valence-corrected chi connectivity index (χ0v) is 11.5. The molecule has 1 atom stereocenters. The number of alkyl halides is 3. The molecule has 2 aliphatic rings. The number of ketones is 1. The summed E-state index contributed by atoms with van der Waals surface area (Å²) in [5, 5.41) is 0. The predicted octanol–water partition coefficient (Wildman–Crippen LogP) is 4.03. The van der Waals surface area contributed by atoms with E-state index in [0.29, 0.717) is 25.2 Å². The zero-order valence-electron chi connectivity index (χ0n) is 11.5. The van der Waals surface area contributed by atoms with Crippen molar-refractivity contribution in [2.24, 2.45) is 17.8 Å². The van der Waals surface area contributed by atoms with Gasteiger partial charge >= 0.3 is 6.18 Å². The Labute approximate surface area is 116 Å². The largest absolute Gasteiger partial charge is 0.493 e. The van der Waals surface area contributed by atoms with Crippen molar-refractivity contribution >= 4 is 5.78 Å². The highest BCUT2D eigenvalue weighted by molar-refractivity contribution is 5.94. The monoisotopic (exact) mass is 288 g/mol. The van der Waals surface area contributed by atoms with E-state index in [1.54, 1.807) is 12.2 Å². The van der Waals surface area contributed by atoms with Crippen molar-refractivity contribution in [3.8, 4) is 0 Å². The van der Waals surface area contributed by atoms with Crippen LogP contribution in [-0.4, -0.2) is 18.6 Å². The molecule has 112 valence electrons. The van der Waals surface area contributed by atoms with E-state index >= 15 is 0 Å². The molecule has 2 nitrogen and oxygen atoms in total. The summed E-state index contributed by atoms with van der Waals surface area (Å²) in [4.78, 5) is 11.5. The highest BCUT2D eigenvalue weighted by Gasteiger charge is 2.41. The van der Waals surface area contributed by atoms with Crippen LogP contribution in [0, 0.1) is 17.8 Å². The van der Waals surface area contributed by atoms with Gasteiger partial charge in [-0.3, -0.25) is 4.79 Å². The molecule has 20 heavy (non-hydrogen) atoms. The Bertz CT molecular complexity index is 415. The van der Waals surface area contributed by atoms with E-state index in [0.717, 1.165) is 0 Å². The summed E-state index contributed by atoms with van der Waals surface area (Å²) in [7, 11) is 0. The number of allylic oxidation sites excluding steroid dienone is 3. The Morgan fingerprint density at radius 3 is 2.45 bits per heavy atom. The van der Waals surface area contributed by atoms with Crippen molar-refractivity contribution in [3.63, 3.8) is 0 Å². The van der Waals surface area contributed by atoms with Crippen LogP contribution in [0.1, 0.15) is 32.6 Å². The number of carbonyl (C=O) groups excluding carboxylic acids is 1. The molecule has 0 N–H and O–H groups in total. The fourth-order valence-electron chi connectivity index (χ4n) is 2.61.